The third-order valence-electron chi connectivity index (χ3n) is 1.19. The molecule has 0 spiro atoms. The monoisotopic (exact) mass is 176 g/mol. The molecule has 0 aromatic heterocycles. The van der Waals surface area contributed by atoms with E-state index in [9.17, 15) is 13.6 Å². The molecule has 0 aliphatic carbocycles. The maximum atomic E-state index is 12.7. The van der Waals surface area contributed by atoms with Crippen LogP contribution < -0.4 is 0 Å². The van der Waals surface area contributed by atoms with Gasteiger partial charge in [0.15, 0.2) is 12.1 Å². The van der Waals surface area contributed by atoms with Gasteiger partial charge in [0, 0.05) is 0 Å². The van der Waals surface area contributed by atoms with Gasteiger partial charge in [-0.1, -0.05) is 11.6 Å². The third-order valence-corrected chi connectivity index (χ3v) is 1.54. The zero-order valence-corrected chi connectivity index (χ0v) is 6.03. The lowest BCUT2D eigenvalue weighted by molar-refractivity contribution is 0.112. The van der Waals surface area contributed by atoms with Crippen LogP contribution >= 0.6 is 11.6 Å². The quantitative estimate of drug-likeness (QED) is 0.475. The molecular weight excluding hydrogens is 174 g/mol. The summed E-state index contributed by atoms with van der Waals surface area (Å²) in [5.41, 5.74) is -0.239. The normalized spacial score (nSPS) is 9.73. The molecule has 0 bridgehead atoms. The number of benzene rings is 1. The van der Waals surface area contributed by atoms with E-state index in [1.807, 2.05) is 0 Å². The first kappa shape index (κ1) is 8.14. The second-order valence-corrected chi connectivity index (χ2v) is 2.26. The van der Waals surface area contributed by atoms with Crippen molar-refractivity contribution in [3.63, 3.8) is 0 Å². The van der Waals surface area contributed by atoms with Gasteiger partial charge in [0.05, 0.1) is 5.56 Å². The Balaban J connectivity index is 3.36. The van der Waals surface area contributed by atoms with Gasteiger partial charge in [0.25, 0.3) is 0 Å². The molecule has 0 atom stereocenters. The van der Waals surface area contributed by atoms with Crippen LogP contribution in [0, 0.1) is 11.6 Å². The fourth-order valence-electron chi connectivity index (χ4n) is 0.632. The Morgan fingerprint density at radius 2 is 2.00 bits per heavy atom. The van der Waals surface area contributed by atoms with Gasteiger partial charge < -0.3 is 0 Å². The number of aldehydes is 1. The summed E-state index contributed by atoms with van der Waals surface area (Å²) in [6, 6.07) is 1.97. The second-order valence-electron chi connectivity index (χ2n) is 1.88. The van der Waals surface area contributed by atoms with Crippen LogP contribution in [0.2, 0.25) is 5.02 Å². The highest BCUT2D eigenvalue weighted by atomic mass is 35.5. The van der Waals surface area contributed by atoms with Crippen LogP contribution in [-0.4, -0.2) is 6.29 Å². The van der Waals surface area contributed by atoms with Crippen molar-refractivity contribution in [3.05, 3.63) is 34.4 Å². The highest BCUT2D eigenvalue weighted by molar-refractivity contribution is 6.31. The number of rotatable bonds is 1. The summed E-state index contributed by atoms with van der Waals surface area (Å²) in [6.45, 7) is 0. The average molecular weight is 177 g/mol. The van der Waals surface area contributed by atoms with Crippen LogP contribution in [0.15, 0.2) is 12.1 Å². The summed E-state index contributed by atoms with van der Waals surface area (Å²) in [5, 5.41) is -0.644. The molecule has 0 saturated carbocycles. The Labute approximate surface area is 66.6 Å². The Kier molecular flexibility index (Phi) is 2.19. The molecule has 0 radical (unpaired) electrons. The van der Waals surface area contributed by atoms with E-state index in [0.717, 1.165) is 12.1 Å². The summed E-state index contributed by atoms with van der Waals surface area (Å²) in [5.74, 6) is -1.88. The highest BCUT2D eigenvalue weighted by Gasteiger charge is 2.09. The van der Waals surface area contributed by atoms with E-state index in [2.05, 4.69) is 0 Å². The smallest absolute Gasteiger partial charge is 0.155 e. The minimum atomic E-state index is -1.01. The number of halogens is 3. The zero-order valence-electron chi connectivity index (χ0n) is 5.27. The lowest BCUT2D eigenvalue weighted by atomic mass is 10.2. The van der Waals surface area contributed by atoms with Crippen LogP contribution in [0.4, 0.5) is 8.78 Å². The number of hydrogen-bond acceptors (Lipinski definition) is 1. The van der Waals surface area contributed by atoms with Gasteiger partial charge in [0.2, 0.25) is 0 Å². The maximum absolute atomic E-state index is 12.7. The molecule has 58 valence electrons. The van der Waals surface area contributed by atoms with Crippen molar-refractivity contribution in [3.8, 4) is 0 Å². The van der Waals surface area contributed by atoms with Crippen LogP contribution in [0.1, 0.15) is 10.4 Å². The van der Waals surface area contributed by atoms with E-state index in [1.165, 1.54) is 0 Å². The molecule has 4 heteroatoms. The highest BCUT2D eigenvalue weighted by Crippen LogP contribution is 2.20. The Bertz CT molecular complexity index is 299. The second kappa shape index (κ2) is 2.96. The molecule has 0 saturated heterocycles. The van der Waals surface area contributed by atoms with Crippen molar-refractivity contribution < 1.29 is 13.6 Å². The summed E-state index contributed by atoms with van der Waals surface area (Å²) in [7, 11) is 0. The Hall–Kier alpha value is -0.960. The molecule has 0 fully saturated rings. The predicted molar refractivity (Wildman–Crippen MR) is 36.8 cm³/mol. The molecule has 0 heterocycles. The van der Waals surface area contributed by atoms with Crippen molar-refractivity contribution in [2.24, 2.45) is 0 Å². The van der Waals surface area contributed by atoms with Crippen molar-refractivity contribution in [2.75, 3.05) is 0 Å². The van der Waals surface area contributed by atoms with E-state index < -0.39 is 16.7 Å². The molecule has 1 nitrogen and oxygen atoms in total. The van der Waals surface area contributed by atoms with E-state index >= 15 is 0 Å². The molecule has 0 N–H and O–H groups in total. The summed E-state index contributed by atoms with van der Waals surface area (Å²) in [4.78, 5) is 10.1. The molecule has 1 aromatic carbocycles. The lowest BCUT2D eigenvalue weighted by Crippen LogP contribution is -1.90. The fourth-order valence-corrected chi connectivity index (χ4v) is 0.804. The summed E-state index contributed by atoms with van der Waals surface area (Å²) < 4.78 is 25.1. The molecular formula is C7H3ClF2O. The topological polar surface area (TPSA) is 17.1 Å². The SMILES string of the molecule is O=Cc1ccc(F)c(Cl)c1F. The van der Waals surface area contributed by atoms with E-state index in [-0.39, 0.29) is 11.8 Å². The first-order valence-corrected chi connectivity index (χ1v) is 3.13. The Morgan fingerprint density at radius 1 is 1.36 bits per heavy atom. The van der Waals surface area contributed by atoms with Gasteiger partial charge >= 0.3 is 0 Å². The lowest BCUT2D eigenvalue weighted by Gasteiger charge is -1.97. The first-order valence-electron chi connectivity index (χ1n) is 2.75. The maximum Gasteiger partial charge on any atom is 0.155 e. The van der Waals surface area contributed by atoms with Crippen molar-refractivity contribution in [2.45, 2.75) is 0 Å². The number of carbonyl (C=O) groups is 1. The van der Waals surface area contributed by atoms with Gasteiger partial charge in [-0.15, -0.1) is 0 Å². The molecule has 11 heavy (non-hydrogen) atoms. The van der Waals surface area contributed by atoms with Crippen molar-refractivity contribution >= 4 is 17.9 Å². The van der Waals surface area contributed by atoms with Gasteiger partial charge in [-0.05, 0) is 12.1 Å². The molecule has 0 unspecified atom stereocenters. The fraction of sp³-hybridized carbons (Fsp3) is 0. The number of hydrogen-bond donors (Lipinski definition) is 0. The molecule has 1 aromatic rings. The molecule has 0 aliphatic rings. The van der Waals surface area contributed by atoms with Crippen LogP contribution in [-0.2, 0) is 0 Å². The first-order chi connectivity index (χ1) is 5.16. The van der Waals surface area contributed by atoms with Gasteiger partial charge in [-0.3, -0.25) is 4.79 Å². The van der Waals surface area contributed by atoms with E-state index in [1.54, 1.807) is 0 Å². The standard InChI is InChI=1S/C7H3ClF2O/c8-6-5(9)2-1-4(3-11)7(6)10/h1-3H. The van der Waals surface area contributed by atoms with Gasteiger partial charge in [-0.2, -0.15) is 0 Å². The predicted octanol–water partition coefficient (Wildman–Crippen LogP) is 2.43. The minimum absolute atomic E-state index is 0.239. The van der Waals surface area contributed by atoms with Crippen LogP contribution in [0.5, 0.6) is 0 Å². The third kappa shape index (κ3) is 1.38. The average Bonchev–Trinajstić information content (AvgIpc) is 2.01. The van der Waals surface area contributed by atoms with Crippen molar-refractivity contribution in [1.29, 1.82) is 0 Å². The summed E-state index contributed by atoms with van der Waals surface area (Å²) >= 11 is 5.15. The van der Waals surface area contributed by atoms with Crippen molar-refractivity contribution in [1.82, 2.24) is 0 Å². The largest absolute Gasteiger partial charge is 0.298 e. The van der Waals surface area contributed by atoms with E-state index in [4.69, 9.17) is 11.6 Å². The van der Waals surface area contributed by atoms with E-state index in [0.29, 0.717) is 0 Å². The molecule has 0 amide bonds. The molecule has 1 rings (SSSR count). The number of carbonyl (C=O) groups excluding carboxylic acids is 1. The zero-order chi connectivity index (χ0) is 8.43. The van der Waals surface area contributed by atoms with Gasteiger partial charge in [0.1, 0.15) is 10.8 Å². The Morgan fingerprint density at radius 3 is 2.55 bits per heavy atom. The minimum Gasteiger partial charge on any atom is -0.298 e. The van der Waals surface area contributed by atoms with Crippen LogP contribution in [0.3, 0.4) is 0 Å². The van der Waals surface area contributed by atoms with Crippen LogP contribution in [0.25, 0.3) is 0 Å². The molecule has 0 aliphatic heterocycles. The summed E-state index contributed by atoms with van der Waals surface area (Å²) in [6.07, 6.45) is 0.278. The van der Waals surface area contributed by atoms with Gasteiger partial charge in [-0.25, -0.2) is 8.78 Å².